The molecule has 0 atom stereocenters. The average molecular weight is 249 g/mol. The molecule has 1 aliphatic heterocycles. The molecular formula is C12H13N2S2+. The first-order valence-corrected chi connectivity index (χ1v) is 7.69. The molecule has 0 saturated carbocycles. The van der Waals surface area contributed by atoms with E-state index < -0.39 is 0 Å². The SMILES string of the molecule is c1ccc(-c2nc(=[N+]3CCCC3)ss2)cc1. The van der Waals surface area contributed by atoms with Crippen molar-refractivity contribution in [2.75, 3.05) is 13.1 Å². The molecule has 0 radical (unpaired) electrons. The van der Waals surface area contributed by atoms with E-state index in [1.165, 1.54) is 36.3 Å². The fraction of sp³-hybridized carbons (Fsp3) is 0.333. The standard InChI is InChI=1S/C12H13N2S2/c1-2-6-10(7-3-1)11-13-12(16-15-11)14-8-4-5-9-14/h1-3,6-7H,4-5,8-9H2/q+1. The normalized spacial score (nSPS) is 15.6. The molecule has 16 heavy (non-hydrogen) atoms. The van der Waals surface area contributed by atoms with Gasteiger partial charge in [0.1, 0.15) is 0 Å². The first kappa shape index (κ1) is 10.2. The summed E-state index contributed by atoms with van der Waals surface area (Å²) in [5.74, 6) is 0. The summed E-state index contributed by atoms with van der Waals surface area (Å²) in [5.41, 5.74) is 1.23. The Kier molecular flexibility index (Phi) is 2.84. The molecule has 1 aliphatic rings. The van der Waals surface area contributed by atoms with Gasteiger partial charge in [0.25, 0.3) is 0 Å². The van der Waals surface area contributed by atoms with Crippen molar-refractivity contribution in [1.29, 1.82) is 0 Å². The van der Waals surface area contributed by atoms with Crippen molar-refractivity contribution >= 4 is 20.7 Å². The van der Waals surface area contributed by atoms with E-state index in [4.69, 9.17) is 4.98 Å². The second-order valence-electron chi connectivity index (χ2n) is 3.93. The van der Waals surface area contributed by atoms with E-state index in [0.717, 1.165) is 5.01 Å². The highest BCUT2D eigenvalue weighted by Crippen LogP contribution is 2.21. The highest BCUT2D eigenvalue weighted by atomic mass is 32.9. The molecule has 0 aliphatic carbocycles. The number of benzene rings is 1. The lowest BCUT2D eigenvalue weighted by Crippen LogP contribution is -2.25. The molecular weight excluding hydrogens is 236 g/mol. The van der Waals surface area contributed by atoms with Gasteiger partial charge in [-0.25, -0.2) is 4.58 Å². The molecule has 2 heterocycles. The third-order valence-electron chi connectivity index (χ3n) is 2.79. The van der Waals surface area contributed by atoms with Crippen LogP contribution in [-0.2, 0) is 0 Å². The largest absolute Gasteiger partial charge is 0.388 e. The lowest BCUT2D eigenvalue weighted by atomic mass is 10.2. The Morgan fingerprint density at radius 3 is 2.50 bits per heavy atom. The molecule has 2 aromatic rings. The molecule has 1 aromatic carbocycles. The van der Waals surface area contributed by atoms with Gasteiger partial charge in [0, 0.05) is 15.9 Å². The Labute approximate surface area is 102 Å². The molecule has 82 valence electrons. The van der Waals surface area contributed by atoms with Crippen molar-refractivity contribution in [2.45, 2.75) is 12.8 Å². The highest BCUT2D eigenvalue weighted by Gasteiger charge is 2.16. The van der Waals surface area contributed by atoms with Crippen molar-refractivity contribution in [2.24, 2.45) is 0 Å². The lowest BCUT2D eigenvalue weighted by molar-refractivity contribution is 0.689. The molecule has 0 N–H and O–H groups in total. The Hall–Kier alpha value is -1.00. The Balaban J connectivity index is 2.03. The van der Waals surface area contributed by atoms with Crippen molar-refractivity contribution in [1.82, 2.24) is 9.56 Å². The maximum Gasteiger partial charge on any atom is 0.388 e. The van der Waals surface area contributed by atoms with Crippen LogP contribution in [0.1, 0.15) is 12.8 Å². The fourth-order valence-electron chi connectivity index (χ4n) is 1.93. The topological polar surface area (TPSA) is 15.9 Å². The Morgan fingerprint density at radius 2 is 1.75 bits per heavy atom. The summed E-state index contributed by atoms with van der Waals surface area (Å²) in [6, 6.07) is 10.4. The van der Waals surface area contributed by atoms with Gasteiger partial charge in [-0.3, -0.25) is 0 Å². The second-order valence-corrected chi connectivity index (χ2v) is 6.01. The summed E-state index contributed by atoms with van der Waals surface area (Å²) in [7, 11) is 3.58. The summed E-state index contributed by atoms with van der Waals surface area (Å²) in [5, 5.41) is 1.15. The molecule has 2 nitrogen and oxygen atoms in total. The first-order valence-electron chi connectivity index (χ1n) is 5.54. The third-order valence-corrected chi connectivity index (χ3v) is 5.03. The van der Waals surface area contributed by atoms with Gasteiger partial charge in [-0.1, -0.05) is 18.2 Å². The van der Waals surface area contributed by atoms with Gasteiger partial charge in [-0.2, -0.15) is 0 Å². The van der Waals surface area contributed by atoms with Crippen LogP contribution in [0.5, 0.6) is 0 Å². The van der Waals surface area contributed by atoms with Crippen molar-refractivity contribution in [3.8, 4) is 10.6 Å². The van der Waals surface area contributed by atoms with Gasteiger partial charge in [-0.15, -0.1) is 0 Å². The molecule has 0 spiro atoms. The summed E-state index contributed by atoms with van der Waals surface area (Å²) >= 11 is 0. The summed E-state index contributed by atoms with van der Waals surface area (Å²) in [6.45, 7) is 2.35. The lowest BCUT2D eigenvalue weighted by Gasteiger charge is -1.88. The van der Waals surface area contributed by atoms with E-state index in [0.29, 0.717) is 0 Å². The predicted molar refractivity (Wildman–Crippen MR) is 69.7 cm³/mol. The van der Waals surface area contributed by atoms with Crippen LogP contribution in [-0.4, -0.2) is 18.1 Å². The van der Waals surface area contributed by atoms with Crippen LogP contribution in [0, 0.1) is 0 Å². The molecule has 4 heteroatoms. The maximum atomic E-state index is 4.73. The average Bonchev–Trinajstić information content (AvgIpc) is 3.01. The van der Waals surface area contributed by atoms with Gasteiger partial charge >= 0.3 is 4.80 Å². The van der Waals surface area contributed by atoms with Gasteiger partial charge in [-0.05, 0) is 40.3 Å². The van der Waals surface area contributed by atoms with Crippen LogP contribution in [0.15, 0.2) is 30.3 Å². The Bertz CT molecular complexity index is 531. The van der Waals surface area contributed by atoms with Crippen LogP contribution in [0.25, 0.3) is 10.6 Å². The smallest absolute Gasteiger partial charge is 0.248 e. The molecule has 3 rings (SSSR count). The minimum Gasteiger partial charge on any atom is -0.248 e. The summed E-state index contributed by atoms with van der Waals surface area (Å²) in [4.78, 5) is 5.92. The third kappa shape index (κ3) is 1.95. The van der Waals surface area contributed by atoms with E-state index in [9.17, 15) is 0 Å². The van der Waals surface area contributed by atoms with Crippen molar-refractivity contribution < 1.29 is 0 Å². The zero-order valence-corrected chi connectivity index (χ0v) is 10.6. The first-order chi connectivity index (χ1) is 7.93. The van der Waals surface area contributed by atoms with E-state index >= 15 is 0 Å². The molecule has 0 unspecified atom stereocenters. The molecule has 0 bridgehead atoms. The van der Waals surface area contributed by atoms with E-state index in [-0.39, 0.29) is 0 Å². The summed E-state index contributed by atoms with van der Waals surface area (Å²) < 4.78 is 2.40. The van der Waals surface area contributed by atoms with E-state index in [1.54, 1.807) is 20.7 Å². The van der Waals surface area contributed by atoms with E-state index in [1.807, 2.05) is 6.07 Å². The second kappa shape index (κ2) is 4.47. The van der Waals surface area contributed by atoms with Crippen molar-refractivity contribution in [3.05, 3.63) is 35.1 Å². The zero-order chi connectivity index (χ0) is 10.8. The number of nitrogens with zero attached hydrogens (tertiary/aromatic N) is 2. The van der Waals surface area contributed by atoms with Gasteiger partial charge in [0.15, 0.2) is 0 Å². The van der Waals surface area contributed by atoms with Gasteiger partial charge < -0.3 is 0 Å². The number of hydrogen-bond acceptors (Lipinski definition) is 3. The molecule has 1 aromatic heterocycles. The van der Waals surface area contributed by atoms with Gasteiger partial charge in [0.2, 0.25) is 5.01 Å². The van der Waals surface area contributed by atoms with Gasteiger partial charge in [0.05, 0.1) is 13.1 Å². The quantitative estimate of drug-likeness (QED) is 0.560. The number of rotatable bonds is 1. The van der Waals surface area contributed by atoms with Crippen LogP contribution >= 0.6 is 20.7 Å². The minimum atomic E-state index is 1.15. The van der Waals surface area contributed by atoms with E-state index in [2.05, 4.69) is 28.8 Å². The predicted octanol–water partition coefficient (Wildman–Crippen LogP) is 2.44. The number of hydrogen-bond donors (Lipinski definition) is 0. The fourth-order valence-corrected chi connectivity index (χ4v) is 4.20. The Morgan fingerprint density at radius 1 is 1.00 bits per heavy atom. The maximum absolute atomic E-state index is 4.73. The molecule has 1 fully saturated rings. The van der Waals surface area contributed by atoms with Crippen LogP contribution in [0.4, 0.5) is 0 Å². The number of aromatic nitrogens is 1. The van der Waals surface area contributed by atoms with Crippen LogP contribution in [0.2, 0.25) is 0 Å². The highest BCUT2D eigenvalue weighted by molar-refractivity contribution is 7.69. The van der Waals surface area contributed by atoms with Crippen LogP contribution in [0.3, 0.4) is 0 Å². The van der Waals surface area contributed by atoms with Crippen LogP contribution < -0.4 is 9.38 Å². The molecule has 0 amide bonds. The monoisotopic (exact) mass is 249 g/mol. The molecule has 1 saturated heterocycles. The minimum absolute atomic E-state index is 1.15. The summed E-state index contributed by atoms with van der Waals surface area (Å²) in [6.07, 6.45) is 2.62. The van der Waals surface area contributed by atoms with Crippen molar-refractivity contribution in [3.63, 3.8) is 0 Å². The zero-order valence-electron chi connectivity index (χ0n) is 8.93.